The lowest BCUT2D eigenvalue weighted by atomic mass is 9.80. The number of thiophene rings is 1. The number of nitrogens with two attached hydrogens (primary N) is 1. The summed E-state index contributed by atoms with van der Waals surface area (Å²) in [7, 11) is 1.55. The van der Waals surface area contributed by atoms with Crippen molar-refractivity contribution in [2.45, 2.75) is 12.8 Å². The van der Waals surface area contributed by atoms with E-state index in [1.807, 2.05) is 35.7 Å². The lowest BCUT2D eigenvalue weighted by Crippen LogP contribution is -2.42. The number of para-hydroxylation sites is 1. The summed E-state index contributed by atoms with van der Waals surface area (Å²) in [4.78, 5) is 28.5. The normalized spacial score (nSPS) is 18.4. The van der Waals surface area contributed by atoms with E-state index >= 15 is 0 Å². The summed E-state index contributed by atoms with van der Waals surface area (Å²) in [6.45, 7) is 0.798. The maximum absolute atomic E-state index is 13.1. The Morgan fingerprint density at radius 1 is 1.13 bits per heavy atom. The van der Waals surface area contributed by atoms with E-state index in [9.17, 15) is 9.59 Å². The molecule has 1 aromatic heterocycles. The van der Waals surface area contributed by atoms with Gasteiger partial charge in [-0.1, -0.05) is 42.5 Å². The standard InChI is InChI=1S/C24H24N2O3S/c1-29-20-9-3-2-8-19(20)22(27)26-12-11-24(16-26,23(25)28)15-17-6-4-7-18(14-17)21-10-5-13-30-21/h2-10,13-14H,11-12,15-16H2,1H3,(H2,25,28)/t24-/m0/s1. The molecule has 0 aliphatic carbocycles. The van der Waals surface area contributed by atoms with E-state index in [-0.39, 0.29) is 11.8 Å². The van der Waals surface area contributed by atoms with Crippen molar-refractivity contribution in [2.75, 3.05) is 20.2 Å². The van der Waals surface area contributed by atoms with Gasteiger partial charge in [-0.25, -0.2) is 0 Å². The maximum atomic E-state index is 13.1. The summed E-state index contributed by atoms with van der Waals surface area (Å²) in [5.74, 6) is 0.0324. The number of likely N-dealkylation sites (tertiary alicyclic amines) is 1. The summed E-state index contributed by atoms with van der Waals surface area (Å²) >= 11 is 1.68. The number of amides is 2. The van der Waals surface area contributed by atoms with Crippen LogP contribution in [-0.2, 0) is 11.2 Å². The van der Waals surface area contributed by atoms with Crippen molar-refractivity contribution in [3.8, 4) is 16.2 Å². The Hall–Kier alpha value is -3.12. The van der Waals surface area contributed by atoms with Crippen LogP contribution in [0.5, 0.6) is 5.75 Å². The van der Waals surface area contributed by atoms with Gasteiger partial charge in [-0.05, 0) is 47.5 Å². The second-order valence-electron chi connectivity index (χ2n) is 7.68. The molecule has 2 aromatic carbocycles. The van der Waals surface area contributed by atoms with Crippen molar-refractivity contribution in [1.29, 1.82) is 0 Å². The number of methoxy groups -OCH3 is 1. The number of rotatable bonds is 6. The smallest absolute Gasteiger partial charge is 0.257 e. The van der Waals surface area contributed by atoms with Gasteiger partial charge in [-0.15, -0.1) is 11.3 Å². The predicted octanol–water partition coefficient (Wildman–Crippen LogP) is 3.98. The molecule has 2 heterocycles. The van der Waals surface area contributed by atoms with Gasteiger partial charge in [-0.3, -0.25) is 9.59 Å². The summed E-state index contributed by atoms with van der Waals surface area (Å²) in [5, 5.41) is 2.05. The van der Waals surface area contributed by atoms with Crippen molar-refractivity contribution >= 4 is 23.2 Å². The summed E-state index contributed by atoms with van der Waals surface area (Å²) in [5.41, 5.74) is 7.77. The Morgan fingerprint density at radius 3 is 2.70 bits per heavy atom. The molecule has 0 radical (unpaired) electrons. The second-order valence-corrected chi connectivity index (χ2v) is 8.62. The molecule has 0 unspecified atom stereocenters. The average molecular weight is 421 g/mol. The van der Waals surface area contributed by atoms with Gasteiger partial charge in [0.15, 0.2) is 0 Å². The van der Waals surface area contributed by atoms with Crippen LogP contribution in [-0.4, -0.2) is 36.9 Å². The van der Waals surface area contributed by atoms with Crippen molar-refractivity contribution < 1.29 is 14.3 Å². The molecule has 0 bridgehead atoms. The minimum atomic E-state index is -0.772. The summed E-state index contributed by atoms with van der Waals surface area (Å²) in [6, 6.07) is 19.5. The lowest BCUT2D eigenvalue weighted by Gasteiger charge is -2.26. The van der Waals surface area contributed by atoms with Gasteiger partial charge in [0.25, 0.3) is 5.91 Å². The highest BCUT2D eigenvalue weighted by Gasteiger charge is 2.45. The number of carbonyl (C=O) groups excluding carboxylic acids is 2. The molecule has 1 fully saturated rings. The van der Waals surface area contributed by atoms with Crippen LogP contribution in [0.3, 0.4) is 0 Å². The first-order valence-corrected chi connectivity index (χ1v) is 10.8. The van der Waals surface area contributed by atoms with Crippen molar-refractivity contribution in [3.05, 3.63) is 77.2 Å². The molecule has 1 aliphatic heterocycles. The van der Waals surface area contributed by atoms with Crippen LogP contribution < -0.4 is 10.5 Å². The van der Waals surface area contributed by atoms with Crippen molar-refractivity contribution in [2.24, 2.45) is 11.1 Å². The Kier molecular flexibility index (Phi) is 5.59. The fourth-order valence-electron chi connectivity index (χ4n) is 4.14. The molecule has 0 saturated carbocycles. The molecule has 30 heavy (non-hydrogen) atoms. The molecular formula is C24H24N2O3S. The third-order valence-electron chi connectivity index (χ3n) is 5.78. The van der Waals surface area contributed by atoms with Crippen LogP contribution in [0.1, 0.15) is 22.3 Å². The Bertz CT molecular complexity index is 1060. The lowest BCUT2D eigenvalue weighted by molar-refractivity contribution is -0.126. The molecule has 2 N–H and O–H groups in total. The second kappa shape index (κ2) is 8.32. The number of carbonyl (C=O) groups is 2. The first-order chi connectivity index (χ1) is 14.5. The third kappa shape index (κ3) is 3.83. The molecule has 2 amide bonds. The molecule has 0 spiro atoms. The van der Waals surface area contributed by atoms with Crippen LogP contribution in [0.25, 0.3) is 10.4 Å². The molecule has 1 saturated heterocycles. The number of benzene rings is 2. The molecule has 5 nitrogen and oxygen atoms in total. The fourth-order valence-corrected chi connectivity index (χ4v) is 4.86. The zero-order valence-corrected chi connectivity index (χ0v) is 17.7. The molecule has 4 rings (SSSR count). The van der Waals surface area contributed by atoms with Gasteiger partial charge in [0, 0.05) is 18.0 Å². The van der Waals surface area contributed by atoms with E-state index in [2.05, 4.69) is 18.2 Å². The minimum absolute atomic E-state index is 0.136. The quantitative estimate of drug-likeness (QED) is 0.655. The van der Waals surface area contributed by atoms with Gasteiger partial charge >= 0.3 is 0 Å². The molecule has 1 aliphatic rings. The molecule has 6 heteroatoms. The number of primary amides is 1. The topological polar surface area (TPSA) is 72.6 Å². The predicted molar refractivity (Wildman–Crippen MR) is 119 cm³/mol. The van der Waals surface area contributed by atoms with E-state index in [4.69, 9.17) is 10.5 Å². The highest BCUT2D eigenvalue weighted by Crippen LogP contribution is 2.36. The first kappa shape index (κ1) is 20.2. The summed E-state index contributed by atoms with van der Waals surface area (Å²) in [6.07, 6.45) is 1.06. The zero-order valence-electron chi connectivity index (χ0n) is 16.8. The number of ether oxygens (including phenoxy) is 1. The number of hydrogen-bond acceptors (Lipinski definition) is 4. The van der Waals surface area contributed by atoms with Gasteiger partial charge in [0.1, 0.15) is 5.75 Å². The molecule has 1 atom stereocenters. The maximum Gasteiger partial charge on any atom is 0.257 e. The highest BCUT2D eigenvalue weighted by molar-refractivity contribution is 7.13. The third-order valence-corrected chi connectivity index (χ3v) is 6.70. The first-order valence-electron chi connectivity index (χ1n) is 9.87. The van der Waals surface area contributed by atoms with E-state index in [0.29, 0.717) is 37.2 Å². The van der Waals surface area contributed by atoms with Crippen molar-refractivity contribution in [3.63, 3.8) is 0 Å². The molecule has 3 aromatic rings. The number of nitrogens with zero attached hydrogens (tertiary/aromatic N) is 1. The van der Waals surface area contributed by atoms with Gasteiger partial charge in [0.05, 0.1) is 18.1 Å². The monoisotopic (exact) mass is 420 g/mol. The van der Waals surface area contributed by atoms with Gasteiger partial charge < -0.3 is 15.4 Å². The van der Waals surface area contributed by atoms with Crippen molar-refractivity contribution in [1.82, 2.24) is 4.90 Å². The SMILES string of the molecule is COc1ccccc1C(=O)N1CC[C@@](Cc2cccc(-c3cccs3)c2)(C(N)=O)C1. The van der Waals surface area contributed by atoms with E-state index < -0.39 is 5.41 Å². The Balaban J connectivity index is 1.57. The largest absolute Gasteiger partial charge is 0.496 e. The Labute approximate surface area is 180 Å². The molecule has 154 valence electrons. The highest BCUT2D eigenvalue weighted by atomic mass is 32.1. The van der Waals surface area contributed by atoms with E-state index in [1.54, 1.807) is 35.5 Å². The van der Waals surface area contributed by atoms with Gasteiger partial charge in [0.2, 0.25) is 5.91 Å². The minimum Gasteiger partial charge on any atom is -0.496 e. The fraction of sp³-hybridized carbons (Fsp3) is 0.250. The molecular weight excluding hydrogens is 396 g/mol. The summed E-state index contributed by atoms with van der Waals surface area (Å²) < 4.78 is 5.33. The van der Waals surface area contributed by atoms with Crippen LogP contribution in [0.15, 0.2) is 66.0 Å². The zero-order chi connectivity index (χ0) is 21.1. The Morgan fingerprint density at radius 2 is 1.97 bits per heavy atom. The number of hydrogen-bond donors (Lipinski definition) is 1. The van der Waals surface area contributed by atoms with E-state index in [0.717, 1.165) is 11.1 Å². The van der Waals surface area contributed by atoms with Crippen LogP contribution in [0, 0.1) is 5.41 Å². The van der Waals surface area contributed by atoms with Crippen LogP contribution in [0.4, 0.5) is 0 Å². The van der Waals surface area contributed by atoms with Crippen LogP contribution >= 0.6 is 11.3 Å². The van der Waals surface area contributed by atoms with Crippen LogP contribution in [0.2, 0.25) is 0 Å². The van der Waals surface area contributed by atoms with Gasteiger partial charge in [-0.2, -0.15) is 0 Å². The average Bonchev–Trinajstić information content (AvgIpc) is 3.44. The van der Waals surface area contributed by atoms with E-state index in [1.165, 1.54) is 4.88 Å².